The van der Waals surface area contributed by atoms with E-state index in [1.807, 2.05) is 4.90 Å². The van der Waals surface area contributed by atoms with Gasteiger partial charge in [-0.05, 0) is 29.3 Å². The molecule has 0 spiro atoms. The first-order chi connectivity index (χ1) is 12.7. The Morgan fingerprint density at radius 1 is 1.12 bits per heavy atom. The monoisotopic (exact) mass is 378 g/mol. The van der Waals surface area contributed by atoms with Crippen LogP contribution in [0.2, 0.25) is 5.28 Å². The summed E-state index contributed by atoms with van der Waals surface area (Å²) >= 11 is 6.15. The van der Waals surface area contributed by atoms with E-state index >= 15 is 0 Å². The molecule has 0 saturated carbocycles. The summed E-state index contributed by atoms with van der Waals surface area (Å²) < 4.78 is 25.5. The molecular weight excluding hydrogens is 363 g/mol. The Morgan fingerprint density at radius 3 is 2.65 bits per heavy atom. The molecule has 10 heteroatoms. The summed E-state index contributed by atoms with van der Waals surface area (Å²) in [5, 5.41) is 12.7. The molecule has 1 aromatic carbocycles. The summed E-state index contributed by atoms with van der Waals surface area (Å²) in [6.07, 6.45) is 0.454. The lowest BCUT2D eigenvalue weighted by molar-refractivity contribution is 0.120. The molecule has 1 fully saturated rings. The Hall–Kier alpha value is -2.52. The fraction of sp³-hybridized carbons (Fsp3) is 0.375. The maximum Gasteiger partial charge on any atom is 0.318 e. The predicted octanol–water partition coefficient (Wildman–Crippen LogP) is 1.93. The maximum atomic E-state index is 13.0. The Morgan fingerprint density at radius 2 is 1.88 bits per heavy atom. The SMILES string of the molecule is Fc1ccc(Cc2nc(Cl)n(Cc3nnc(N4CCOCC4)o3)n2)cc1. The second-order valence-corrected chi connectivity index (χ2v) is 6.17. The van der Waals surface area contributed by atoms with Gasteiger partial charge in [0.25, 0.3) is 0 Å². The van der Waals surface area contributed by atoms with Crippen molar-refractivity contribution in [2.75, 3.05) is 31.2 Å². The van der Waals surface area contributed by atoms with Gasteiger partial charge in [0.1, 0.15) is 12.4 Å². The van der Waals surface area contributed by atoms with Gasteiger partial charge >= 0.3 is 6.01 Å². The van der Waals surface area contributed by atoms with Gasteiger partial charge in [-0.15, -0.1) is 5.10 Å². The van der Waals surface area contributed by atoms with Crippen LogP contribution in [0.1, 0.15) is 17.3 Å². The number of rotatable bonds is 5. The average molecular weight is 379 g/mol. The number of nitrogens with zero attached hydrogens (tertiary/aromatic N) is 6. The second-order valence-electron chi connectivity index (χ2n) is 5.84. The molecule has 1 aliphatic rings. The maximum absolute atomic E-state index is 13.0. The van der Waals surface area contributed by atoms with Crippen molar-refractivity contribution < 1.29 is 13.5 Å². The molecule has 1 aliphatic heterocycles. The van der Waals surface area contributed by atoms with Gasteiger partial charge < -0.3 is 14.1 Å². The van der Waals surface area contributed by atoms with Crippen LogP contribution in [0.5, 0.6) is 0 Å². The largest absolute Gasteiger partial charge is 0.406 e. The van der Waals surface area contributed by atoms with E-state index in [2.05, 4.69) is 20.3 Å². The molecule has 0 bridgehead atoms. The van der Waals surface area contributed by atoms with Crippen molar-refractivity contribution in [2.24, 2.45) is 0 Å². The third kappa shape index (κ3) is 3.83. The molecule has 4 rings (SSSR count). The van der Waals surface area contributed by atoms with Gasteiger partial charge in [0.15, 0.2) is 5.82 Å². The molecule has 0 atom stereocenters. The quantitative estimate of drug-likeness (QED) is 0.670. The van der Waals surface area contributed by atoms with E-state index in [9.17, 15) is 4.39 Å². The molecule has 8 nitrogen and oxygen atoms in total. The van der Waals surface area contributed by atoms with E-state index in [0.29, 0.717) is 50.5 Å². The van der Waals surface area contributed by atoms with Crippen LogP contribution in [0.15, 0.2) is 28.7 Å². The molecule has 3 aromatic rings. The van der Waals surface area contributed by atoms with E-state index in [0.717, 1.165) is 5.56 Å². The minimum absolute atomic E-state index is 0.229. The molecule has 0 aliphatic carbocycles. The minimum Gasteiger partial charge on any atom is -0.406 e. The van der Waals surface area contributed by atoms with Gasteiger partial charge in [-0.25, -0.2) is 14.1 Å². The third-order valence-electron chi connectivity index (χ3n) is 3.97. The molecule has 1 saturated heterocycles. The van der Waals surface area contributed by atoms with Crippen molar-refractivity contribution in [2.45, 2.75) is 13.0 Å². The van der Waals surface area contributed by atoms with E-state index in [-0.39, 0.29) is 17.6 Å². The van der Waals surface area contributed by atoms with E-state index in [1.165, 1.54) is 16.8 Å². The molecule has 26 heavy (non-hydrogen) atoms. The van der Waals surface area contributed by atoms with Crippen molar-refractivity contribution >= 4 is 17.6 Å². The van der Waals surface area contributed by atoms with Crippen LogP contribution in [0, 0.1) is 5.82 Å². The zero-order chi connectivity index (χ0) is 17.9. The first kappa shape index (κ1) is 16.9. The highest BCUT2D eigenvalue weighted by Gasteiger charge is 2.18. The Labute approximate surface area is 153 Å². The van der Waals surface area contributed by atoms with Gasteiger partial charge in [-0.2, -0.15) is 5.10 Å². The molecule has 0 amide bonds. The highest BCUT2D eigenvalue weighted by molar-refractivity contribution is 6.28. The predicted molar refractivity (Wildman–Crippen MR) is 90.7 cm³/mol. The van der Waals surface area contributed by atoms with Crippen LogP contribution in [0.3, 0.4) is 0 Å². The van der Waals surface area contributed by atoms with Crippen LogP contribution in [0.25, 0.3) is 0 Å². The average Bonchev–Trinajstić information content (AvgIpc) is 3.25. The lowest BCUT2D eigenvalue weighted by Crippen LogP contribution is -2.36. The number of hydrogen-bond donors (Lipinski definition) is 0. The smallest absolute Gasteiger partial charge is 0.318 e. The number of halogens is 2. The standard InChI is InChI=1S/C16H16ClFN6O2/c17-15-19-13(9-11-1-3-12(18)4-2-11)22-24(15)10-14-20-21-16(26-14)23-5-7-25-8-6-23/h1-4H,5-10H2. The lowest BCUT2D eigenvalue weighted by Gasteiger charge is -2.24. The van der Waals surface area contributed by atoms with Crippen molar-refractivity contribution in [3.63, 3.8) is 0 Å². The van der Waals surface area contributed by atoms with Crippen molar-refractivity contribution in [1.82, 2.24) is 25.0 Å². The summed E-state index contributed by atoms with van der Waals surface area (Å²) in [5.74, 6) is 0.652. The minimum atomic E-state index is -0.280. The fourth-order valence-electron chi connectivity index (χ4n) is 2.65. The highest BCUT2D eigenvalue weighted by Crippen LogP contribution is 2.16. The topological polar surface area (TPSA) is 82.1 Å². The highest BCUT2D eigenvalue weighted by atomic mass is 35.5. The van der Waals surface area contributed by atoms with E-state index in [1.54, 1.807) is 12.1 Å². The van der Waals surface area contributed by atoms with Crippen LogP contribution in [-0.4, -0.2) is 51.3 Å². The van der Waals surface area contributed by atoms with Gasteiger partial charge in [0.2, 0.25) is 11.2 Å². The van der Waals surface area contributed by atoms with Crippen LogP contribution < -0.4 is 4.90 Å². The van der Waals surface area contributed by atoms with Crippen LogP contribution in [-0.2, 0) is 17.7 Å². The van der Waals surface area contributed by atoms with Crippen LogP contribution in [0.4, 0.5) is 10.4 Å². The Kier molecular flexibility index (Phi) is 4.81. The summed E-state index contributed by atoms with van der Waals surface area (Å²) in [4.78, 5) is 6.20. The van der Waals surface area contributed by atoms with Crippen molar-refractivity contribution in [3.8, 4) is 0 Å². The van der Waals surface area contributed by atoms with Gasteiger partial charge in [-0.3, -0.25) is 0 Å². The third-order valence-corrected chi connectivity index (χ3v) is 4.25. The summed E-state index contributed by atoms with van der Waals surface area (Å²) in [6, 6.07) is 6.65. The Balaban J connectivity index is 1.44. The van der Waals surface area contributed by atoms with Crippen LogP contribution >= 0.6 is 11.6 Å². The van der Waals surface area contributed by atoms with Gasteiger partial charge in [0, 0.05) is 19.5 Å². The van der Waals surface area contributed by atoms with Gasteiger partial charge in [0.05, 0.1) is 13.2 Å². The molecule has 2 aromatic heterocycles. The number of morpholine rings is 1. The van der Waals surface area contributed by atoms with Gasteiger partial charge in [-0.1, -0.05) is 17.2 Å². The zero-order valence-corrected chi connectivity index (χ0v) is 14.6. The first-order valence-electron chi connectivity index (χ1n) is 8.16. The first-order valence-corrected chi connectivity index (χ1v) is 8.54. The molecular formula is C16H16ClFN6O2. The number of aromatic nitrogens is 5. The van der Waals surface area contributed by atoms with Crippen molar-refractivity contribution in [3.05, 3.63) is 52.6 Å². The summed E-state index contributed by atoms with van der Waals surface area (Å²) in [5.41, 5.74) is 0.896. The number of ether oxygens (including phenoxy) is 1. The molecule has 136 valence electrons. The molecule has 3 heterocycles. The van der Waals surface area contributed by atoms with E-state index < -0.39 is 0 Å². The molecule has 0 unspecified atom stereocenters. The normalized spacial score (nSPS) is 14.8. The number of anilines is 1. The van der Waals surface area contributed by atoms with E-state index in [4.69, 9.17) is 20.8 Å². The Bertz CT molecular complexity index is 875. The number of hydrogen-bond acceptors (Lipinski definition) is 7. The molecule has 0 radical (unpaired) electrons. The second kappa shape index (κ2) is 7.38. The summed E-state index contributed by atoms with van der Waals surface area (Å²) in [6.45, 7) is 2.94. The molecule has 0 N–H and O–H groups in total. The zero-order valence-electron chi connectivity index (χ0n) is 13.8. The lowest BCUT2D eigenvalue weighted by atomic mass is 10.1. The van der Waals surface area contributed by atoms with Crippen molar-refractivity contribution in [1.29, 1.82) is 0 Å². The summed E-state index contributed by atoms with van der Waals surface area (Å²) in [7, 11) is 0. The number of benzene rings is 1. The fourth-order valence-corrected chi connectivity index (χ4v) is 2.84.